The first-order valence-electron chi connectivity index (χ1n) is 6.38. The number of aromatic nitrogens is 1. The number of rotatable bonds is 2. The minimum atomic E-state index is -0.110. The molecule has 0 spiro atoms. The van der Waals surface area contributed by atoms with E-state index in [2.05, 4.69) is 22.4 Å². The summed E-state index contributed by atoms with van der Waals surface area (Å²) in [5.74, 6) is 0.903. The Morgan fingerprint density at radius 3 is 3.05 bits per heavy atom. The molecule has 20 heavy (non-hydrogen) atoms. The number of hydrogen-bond donors (Lipinski definition) is 1. The maximum atomic E-state index is 12.3. The van der Waals surface area contributed by atoms with Gasteiger partial charge in [0.25, 0.3) is 5.91 Å². The minimum Gasteiger partial charge on any atom is -0.345 e. The third kappa shape index (κ3) is 2.81. The summed E-state index contributed by atoms with van der Waals surface area (Å²) in [5.41, 5.74) is 1.73. The molecule has 0 radical (unpaired) electrons. The summed E-state index contributed by atoms with van der Waals surface area (Å²) in [4.78, 5) is 17.4. The second-order valence-corrected chi connectivity index (χ2v) is 6.09. The van der Waals surface area contributed by atoms with Crippen molar-refractivity contribution in [3.8, 4) is 0 Å². The summed E-state index contributed by atoms with van der Waals surface area (Å²) in [6.45, 7) is 0. The van der Waals surface area contributed by atoms with Crippen LogP contribution in [0.5, 0.6) is 0 Å². The largest absolute Gasteiger partial charge is 0.345 e. The van der Waals surface area contributed by atoms with Crippen LogP contribution >= 0.6 is 23.4 Å². The number of nitrogens with one attached hydrogen (secondary N) is 1. The first-order chi connectivity index (χ1) is 9.74. The van der Waals surface area contributed by atoms with Crippen molar-refractivity contribution >= 4 is 29.3 Å². The second-order valence-electron chi connectivity index (χ2n) is 4.57. The molecule has 5 heteroatoms. The van der Waals surface area contributed by atoms with Gasteiger partial charge in [-0.1, -0.05) is 29.8 Å². The maximum absolute atomic E-state index is 12.3. The highest BCUT2D eigenvalue weighted by Gasteiger charge is 2.22. The van der Waals surface area contributed by atoms with Crippen LogP contribution in [0.15, 0.2) is 47.5 Å². The molecule has 2 heterocycles. The van der Waals surface area contributed by atoms with E-state index < -0.39 is 0 Å². The van der Waals surface area contributed by atoms with Crippen LogP contribution in [0.4, 0.5) is 0 Å². The fourth-order valence-electron chi connectivity index (χ4n) is 2.28. The van der Waals surface area contributed by atoms with Gasteiger partial charge >= 0.3 is 0 Å². The molecule has 1 unspecified atom stereocenters. The zero-order chi connectivity index (χ0) is 13.9. The normalized spacial score (nSPS) is 17.4. The Kier molecular flexibility index (Phi) is 3.94. The van der Waals surface area contributed by atoms with Gasteiger partial charge in [0.1, 0.15) is 5.15 Å². The quantitative estimate of drug-likeness (QED) is 0.860. The number of amides is 1. The van der Waals surface area contributed by atoms with Gasteiger partial charge in [-0.2, -0.15) is 0 Å². The van der Waals surface area contributed by atoms with E-state index >= 15 is 0 Å². The molecule has 0 saturated carbocycles. The number of thioether (sulfide) groups is 1. The molecular formula is C15H13ClN2OS. The number of carbonyl (C=O) groups excluding carboxylic acids is 1. The third-order valence-corrected chi connectivity index (χ3v) is 4.58. The van der Waals surface area contributed by atoms with Crippen LogP contribution in [0.2, 0.25) is 5.15 Å². The summed E-state index contributed by atoms with van der Waals surface area (Å²) in [6.07, 6.45) is 2.48. The molecule has 1 aromatic heterocycles. The van der Waals surface area contributed by atoms with Crippen molar-refractivity contribution in [3.63, 3.8) is 0 Å². The number of benzene rings is 1. The summed E-state index contributed by atoms with van der Waals surface area (Å²) in [5, 5.41) is 3.41. The van der Waals surface area contributed by atoms with Gasteiger partial charge in [-0.25, -0.2) is 4.98 Å². The number of pyridine rings is 1. The van der Waals surface area contributed by atoms with Crippen molar-refractivity contribution in [2.45, 2.75) is 17.4 Å². The molecule has 1 amide bonds. The number of carbonyl (C=O) groups is 1. The molecule has 1 atom stereocenters. The minimum absolute atomic E-state index is 0.0619. The fraction of sp³-hybridized carbons (Fsp3) is 0.200. The van der Waals surface area contributed by atoms with Crippen molar-refractivity contribution in [1.29, 1.82) is 0 Å². The molecule has 1 aliphatic heterocycles. The predicted octanol–water partition coefficient (Wildman–Crippen LogP) is 3.70. The first-order valence-corrected chi connectivity index (χ1v) is 7.74. The summed E-state index contributed by atoms with van der Waals surface area (Å²) in [6, 6.07) is 11.5. The lowest BCUT2D eigenvalue weighted by molar-refractivity contribution is 0.0935. The summed E-state index contributed by atoms with van der Waals surface area (Å²) < 4.78 is 0. The molecule has 1 aliphatic rings. The van der Waals surface area contributed by atoms with E-state index in [1.54, 1.807) is 18.3 Å². The molecule has 0 fully saturated rings. The van der Waals surface area contributed by atoms with Gasteiger partial charge in [0, 0.05) is 22.4 Å². The van der Waals surface area contributed by atoms with Gasteiger partial charge in [0.15, 0.2) is 0 Å². The van der Waals surface area contributed by atoms with Crippen LogP contribution in [0.25, 0.3) is 0 Å². The molecule has 1 aromatic carbocycles. The Labute approximate surface area is 126 Å². The van der Waals surface area contributed by atoms with Crippen molar-refractivity contribution in [2.75, 3.05) is 5.75 Å². The second kappa shape index (κ2) is 5.85. The van der Waals surface area contributed by atoms with Gasteiger partial charge in [-0.15, -0.1) is 11.8 Å². The Morgan fingerprint density at radius 2 is 2.20 bits per heavy atom. The van der Waals surface area contributed by atoms with Crippen LogP contribution in [-0.4, -0.2) is 16.6 Å². The van der Waals surface area contributed by atoms with Crippen LogP contribution in [0, 0.1) is 0 Å². The Balaban J connectivity index is 1.81. The van der Waals surface area contributed by atoms with E-state index in [0.717, 1.165) is 12.2 Å². The Bertz CT molecular complexity index is 647. The zero-order valence-electron chi connectivity index (χ0n) is 10.7. The van der Waals surface area contributed by atoms with Crippen molar-refractivity contribution < 1.29 is 4.79 Å². The van der Waals surface area contributed by atoms with Crippen LogP contribution in [-0.2, 0) is 0 Å². The highest BCUT2D eigenvalue weighted by atomic mass is 35.5. The number of fused-ring (bicyclic) bond motifs is 1. The smallest absolute Gasteiger partial charge is 0.251 e. The van der Waals surface area contributed by atoms with E-state index in [4.69, 9.17) is 11.6 Å². The lowest BCUT2D eigenvalue weighted by Gasteiger charge is -2.25. The molecular weight excluding hydrogens is 292 g/mol. The van der Waals surface area contributed by atoms with Crippen LogP contribution in [0.3, 0.4) is 0 Å². The molecule has 3 rings (SSSR count). The topological polar surface area (TPSA) is 42.0 Å². The number of nitrogens with zero attached hydrogens (tertiary/aromatic N) is 1. The third-order valence-electron chi connectivity index (χ3n) is 3.25. The van der Waals surface area contributed by atoms with Gasteiger partial charge < -0.3 is 5.32 Å². The Morgan fingerprint density at radius 1 is 1.35 bits per heavy atom. The van der Waals surface area contributed by atoms with Crippen molar-refractivity contribution in [2.24, 2.45) is 0 Å². The van der Waals surface area contributed by atoms with Gasteiger partial charge in [-0.3, -0.25) is 4.79 Å². The molecule has 0 saturated heterocycles. The lowest BCUT2D eigenvalue weighted by atomic mass is 10.0. The van der Waals surface area contributed by atoms with Crippen LogP contribution < -0.4 is 5.32 Å². The van der Waals surface area contributed by atoms with Gasteiger partial charge in [0.05, 0.1) is 6.04 Å². The number of hydrogen-bond acceptors (Lipinski definition) is 3. The average molecular weight is 305 g/mol. The fourth-order valence-corrected chi connectivity index (χ4v) is 3.58. The molecule has 102 valence electrons. The van der Waals surface area contributed by atoms with E-state index in [9.17, 15) is 4.79 Å². The molecule has 0 aliphatic carbocycles. The van der Waals surface area contributed by atoms with Crippen molar-refractivity contribution in [1.82, 2.24) is 10.3 Å². The van der Waals surface area contributed by atoms with Crippen molar-refractivity contribution in [3.05, 3.63) is 58.9 Å². The summed E-state index contributed by atoms with van der Waals surface area (Å²) in [7, 11) is 0. The highest BCUT2D eigenvalue weighted by molar-refractivity contribution is 7.99. The van der Waals surface area contributed by atoms with Crippen LogP contribution in [0.1, 0.15) is 28.4 Å². The maximum Gasteiger partial charge on any atom is 0.251 e. The standard InChI is InChI=1S/C15H13ClN2OS/c16-14-9-10(5-7-17-14)15(19)18-12-6-8-20-13-4-2-1-3-11(12)13/h1-5,7,9,12H,6,8H2,(H,18,19). The van der Waals surface area contributed by atoms with E-state index in [1.165, 1.54) is 10.5 Å². The predicted molar refractivity (Wildman–Crippen MR) is 81.2 cm³/mol. The molecule has 2 aromatic rings. The number of halogens is 1. The Hall–Kier alpha value is -1.52. The molecule has 3 nitrogen and oxygen atoms in total. The average Bonchev–Trinajstić information content (AvgIpc) is 2.47. The van der Waals surface area contributed by atoms with Gasteiger partial charge in [-0.05, 0) is 30.2 Å². The highest BCUT2D eigenvalue weighted by Crippen LogP contribution is 2.35. The van der Waals surface area contributed by atoms with E-state index in [1.807, 2.05) is 23.9 Å². The summed E-state index contributed by atoms with van der Waals surface area (Å²) >= 11 is 7.65. The molecule has 0 bridgehead atoms. The SMILES string of the molecule is O=C(NC1CCSc2ccccc21)c1ccnc(Cl)c1. The van der Waals surface area contributed by atoms with Gasteiger partial charge in [0.2, 0.25) is 0 Å². The lowest BCUT2D eigenvalue weighted by Crippen LogP contribution is -2.30. The van der Waals surface area contributed by atoms with E-state index in [-0.39, 0.29) is 11.9 Å². The first kappa shape index (κ1) is 13.5. The molecule has 1 N–H and O–H groups in total. The van der Waals surface area contributed by atoms with E-state index in [0.29, 0.717) is 10.7 Å². The monoisotopic (exact) mass is 304 g/mol. The zero-order valence-corrected chi connectivity index (χ0v) is 12.2.